The first-order valence-electron chi connectivity index (χ1n) is 17.3. The van der Waals surface area contributed by atoms with Gasteiger partial charge in [-0.2, -0.15) is 12.6 Å². The van der Waals surface area contributed by atoms with Crippen LogP contribution in [-0.2, 0) is 62.1 Å². The highest BCUT2D eigenvalue weighted by Crippen LogP contribution is 2.04. The highest BCUT2D eigenvalue weighted by atomic mass is 32.1. The number of nitrogens with one attached hydrogen (secondary N) is 6. The number of rotatable bonds is 34. The van der Waals surface area contributed by atoms with E-state index in [0.29, 0.717) is 0 Å². The Kier molecular flexibility index (Phi) is 28.4. The third-order valence-corrected chi connectivity index (χ3v) is 7.57. The Morgan fingerprint density at radius 2 is 0.927 bits per heavy atom. The van der Waals surface area contributed by atoms with Gasteiger partial charge in [-0.15, -0.1) is 0 Å². The molecular formula is C32H54N6O16S. The fraction of sp³-hybridized carbons (Fsp3) is 0.719. The van der Waals surface area contributed by atoms with Crippen LogP contribution in [0.2, 0.25) is 0 Å². The van der Waals surface area contributed by atoms with Gasteiger partial charge in [0.1, 0.15) is 31.3 Å². The molecule has 0 aliphatic rings. The van der Waals surface area contributed by atoms with E-state index in [1.165, 1.54) is 7.05 Å². The number of ether oxygens (including phenoxy) is 4. The summed E-state index contributed by atoms with van der Waals surface area (Å²) in [6.07, 6.45) is -1.72. The number of amides is 5. The van der Waals surface area contributed by atoms with Gasteiger partial charge in [-0.05, 0) is 33.2 Å². The molecule has 0 saturated carbocycles. The minimum absolute atomic E-state index is 0.0208. The summed E-state index contributed by atoms with van der Waals surface area (Å²) in [7, 11) is 1.40. The maximum Gasteiger partial charge on any atom is 0.326 e. The second kappa shape index (κ2) is 30.9. The van der Waals surface area contributed by atoms with Gasteiger partial charge < -0.3 is 66.2 Å². The number of ketones is 1. The molecule has 0 aromatic rings. The van der Waals surface area contributed by atoms with Crippen molar-refractivity contribution in [1.82, 2.24) is 31.9 Å². The van der Waals surface area contributed by atoms with E-state index in [0.717, 1.165) is 0 Å². The van der Waals surface area contributed by atoms with E-state index in [-0.39, 0.29) is 115 Å². The van der Waals surface area contributed by atoms with Crippen molar-refractivity contribution in [2.24, 2.45) is 0 Å². The van der Waals surface area contributed by atoms with Crippen LogP contribution in [0.4, 0.5) is 0 Å². The Labute approximate surface area is 323 Å². The van der Waals surface area contributed by atoms with Crippen molar-refractivity contribution in [3.05, 3.63) is 0 Å². The molecule has 0 aliphatic carbocycles. The summed E-state index contributed by atoms with van der Waals surface area (Å²) in [5.41, 5.74) is 0. The van der Waals surface area contributed by atoms with Crippen LogP contribution in [0.3, 0.4) is 0 Å². The molecule has 0 aliphatic heterocycles. The largest absolute Gasteiger partial charge is 0.480 e. The van der Waals surface area contributed by atoms with E-state index in [2.05, 4.69) is 44.5 Å². The van der Waals surface area contributed by atoms with Gasteiger partial charge in [0.25, 0.3) is 0 Å². The second-order valence-corrected chi connectivity index (χ2v) is 12.0. The molecule has 0 heterocycles. The van der Waals surface area contributed by atoms with Crippen molar-refractivity contribution in [3.63, 3.8) is 0 Å². The lowest BCUT2D eigenvalue weighted by Gasteiger charge is -2.17. The molecule has 55 heavy (non-hydrogen) atoms. The first kappa shape index (κ1) is 50.6. The van der Waals surface area contributed by atoms with Crippen LogP contribution in [0.1, 0.15) is 45.4 Å². The second-order valence-electron chi connectivity index (χ2n) is 11.7. The zero-order valence-corrected chi connectivity index (χ0v) is 31.8. The molecule has 0 fully saturated rings. The van der Waals surface area contributed by atoms with Gasteiger partial charge in [-0.3, -0.25) is 33.6 Å². The van der Waals surface area contributed by atoms with E-state index in [9.17, 15) is 53.4 Å². The molecule has 0 bridgehead atoms. The van der Waals surface area contributed by atoms with Gasteiger partial charge in [0.2, 0.25) is 29.5 Å². The summed E-state index contributed by atoms with van der Waals surface area (Å²) in [5.74, 6) is -7.10. The quantitative estimate of drug-likeness (QED) is 0.0222. The molecule has 0 spiro atoms. The Balaban J connectivity index is 4.04. The molecule has 22 nitrogen and oxygen atoms in total. The lowest BCUT2D eigenvalue weighted by atomic mass is 10.1. The molecule has 5 amide bonds. The number of carboxylic acids is 3. The Hall–Kier alpha value is -4.42. The van der Waals surface area contributed by atoms with Crippen LogP contribution < -0.4 is 31.9 Å². The van der Waals surface area contributed by atoms with Crippen molar-refractivity contribution < 1.29 is 77.4 Å². The van der Waals surface area contributed by atoms with E-state index in [4.69, 9.17) is 24.1 Å². The molecule has 0 radical (unpaired) electrons. The normalized spacial score (nSPS) is 13.0. The van der Waals surface area contributed by atoms with Crippen LogP contribution in [0.5, 0.6) is 0 Å². The van der Waals surface area contributed by atoms with E-state index >= 15 is 0 Å². The van der Waals surface area contributed by atoms with Crippen molar-refractivity contribution in [3.8, 4) is 0 Å². The number of likely N-dealkylation sites (N-methyl/N-ethyl adjacent to an activating group) is 1. The van der Waals surface area contributed by atoms with Crippen LogP contribution in [0.25, 0.3) is 0 Å². The molecule has 0 saturated heterocycles. The fourth-order valence-electron chi connectivity index (χ4n) is 4.20. The van der Waals surface area contributed by atoms with E-state index < -0.39 is 72.1 Å². The number of aliphatic carboxylic acids is 3. The third-order valence-electron chi connectivity index (χ3n) is 7.26. The zero-order valence-electron chi connectivity index (χ0n) is 30.9. The van der Waals surface area contributed by atoms with Crippen LogP contribution >= 0.6 is 12.6 Å². The van der Waals surface area contributed by atoms with Gasteiger partial charge in [0.15, 0.2) is 5.78 Å². The summed E-state index contributed by atoms with van der Waals surface area (Å²) in [4.78, 5) is 106. The van der Waals surface area contributed by atoms with Crippen LogP contribution in [-0.4, -0.2) is 171 Å². The summed E-state index contributed by atoms with van der Waals surface area (Å²) in [5, 5.41) is 42.4. The molecule has 9 N–H and O–H groups in total. The van der Waals surface area contributed by atoms with Crippen LogP contribution in [0.15, 0.2) is 0 Å². The SMILES string of the molecule is CN[C@@H](CCC(=O)NC(CCC(=O)N[C@@H](CCC(=O)NCCOCCOCC(=O)NCCOCCOCC(=O)NC(C)C(=O)CS)C(=O)O)C(=O)O)C(=O)O. The molecule has 0 aromatic carbocycles. The fourth-order valence-corrected chi connectivity index (χ4v) is 4.47. The Bertz CT molecular complexity index is 1260. The molecule has 23 heteroatoms. The van der Waals surface area contributed by atoms with Gasteiger partial charge >= 0.3 is 17.9 Å². The minimum atomic E-state index is -1.48. The lowest BCUT2D eigenvalue weighted by molar-refractivity contribution is -0.143. The molecule has 2 unspecified atom stereocenters. The number of carbonyl (C=O) groups excluding carboxylic acids is 6. The van der Waals surface area contributed by atoms with Crippen molar-refractivity contribution in [1.29, 1.82) is 0 Å². The molecular weight excluding hydrogens is 756 g/mol. The summed E-state index contributed by atoms with van der Waals surface area (Å²) < 4.78 is 21.0. The summed E-state index contributed by atoms with van der Waals surface area (Å²) >= 11 is 3.86. The minimum Gasteiger partial charge on any atom is -0.480 e. The maximum atomic E-state index is 12.3. The summed E-state index contributed by atoms with van der Waals surface area (Å²) in [6, 6.07) is -4.57. The first-order chi connectivity index (χ1) is 26.1. The molecule has 4 atom stereocenters. The number of Topliss-reactive ketones (excluding diaryl/α,β-unsaturated/α-hetero) is 1. The summed E-state index contributed by atoms with van der Waals surface area (Å²) in [6.45, 7) is 2.24. The molecule has 0 rings (SSSR count). The van der Waals surface area contributed by atoms with Crippen LogP contribution in [0, 0.1) is 0 Å². The number of hydrogen-bond acceptors (Lipinski definition) is 15. The van der Waals surface area contributed by atoms with E-state index in [1.54, 1.807) is 6.92 Å². The number of carboxylic acid groups (broad SMARTS) is 3. The van der Waals surface area contributed by atoms with Gasteiger partial charge in [0.05, 0.1) is 51.4 Å². The van der Waals surface area contributed by atoms with Crippen molar-refractivity contribution in [2.75, 3.05) is 78.7 Å². The standard InChI is InChI=1S/C32H54N6O16S/c1-20(24(39)19-55)36-29(44)18-54-16-14-52-12-10-35-28(43)17-53-15-13-51-11-9-34-25(40)6-4-22(31(47)48)37-27(42)8-5-23(32(49)50)38-26(41)7-3-21(33-2)30(45)46/h20-23,33,55H,3-19H2,1-2H3,(H,34,40)(H,35,43)(H,36,44)(H,37,42)(H,38,41)(H,45,46)(H,47,48)(H,49,50)/t20?,21-,22-,23?/m0/s1. The van der Waals surface area contributed by atoms with Gasteiger partial charge in [0, 0.05) is 32.4 Å². The molecule has 0 aromatic heterocycles. The average Bonchev–Trinajstić information content (AvgIpc) is 3.13. The topological polar surface area (TPSA) is 323 Å². The third kappa shape index (κ3) is 26.9. The Morgan fingerprint density at radius 3 is 1.36 bits per heavy atom. The number of carbonyl (C=O) groups is 9. The first-order valence-corrected chi connectivity index (χ1v) is 18.0. The maximum absolute atomic E-state index is 12.3. The highest BCUT2D eigenvalue weighted by molar-refractivity contribution is 7.81. The van der Waals surface area contributed by atoms with Crippen molar-refractivity contribution >= 4 is 65.9 Å². The smallest absolute Gasteiger partial charge is 0.326 e. The predicted molar refractivity (Wildman–Crippen MR) is 193 cm³/mol. The van der Waals surface area contributed by atoms with E-state index in [1.807, 2.05) is 0 Å². The Morgan fingerprint density at radius 1 is 0.527 bits per heavy atom. The number of thiol groups is 1. The van der Waals surface area contributed by atoms with Gasteiger partial charge in [-0.1, -0.05) is 0 Å². The predicted octanol–water partition coefficient (Wildman–Crippen LogP) is -3.56. The highest BCUT2D eigenvalue weighted by Gasteiger charge is 2.25. The lowest BCUT2D eigenvalue weighted by Crippen LogP contribution is -2.44. The average molecular weight is 811 g/mol. The van der Waals surface area contributed by atoms with Gasteiger partial charge in [-0.25, -0.2) is 9.59 Å². The van der Waals surface area contributed by atoms with Crippen molar-refractivity contribution in [2.45, 2.75) is 69.6 Å². The molecule has 314 valence electrons. The number of hydrogen-bond donors (Lipinski definition) is 10. The zero-order chi connectivity index (χ0) is 41.6. The monoisotopic (exact) mass is 810 g/mol.